The largest absolute Gasteiger partial charge is 0.353 e. The van der Waals surface area contributed by atoms with Gasteiger partial charge in [-0.05, 0) is 45.3 Å². The van der Waals surface area contributed by atoms with Gasteiger partial charge in [0.25, 0.3) is 0 Å². The Kier molecular flexibility index (Phi) is 3.98. The van der Waals surface area contributed by atoms with Crippen molar-refractivity contribution in [3.05, 3.63) is 56.2 Å². The van der Waals surface area contributed by atoms with Gasteiger partial charge in [-0.2, -0.15) is 0 Å². The van der Waals surface area contributed by atoms with E-state index in [0.717, 1.165) is 27.6 Å². The number of H-pyrrole nitrogens is 1. The van der Waals surface area contributed by atoms with Crippen LogP contribution in [0.3, 0.4) is 0 Å². The van der Waals surface area contributed by atoms with Crippen molar-refractivity contribution < 1.29 is 4.79 Å². The molecule has 20 heavy (non-hydrogen) atoms. The second-order valence-corrected chi connectivity index (χ2v) is 6.76. The Balaban J connectivity index is 1.68. The van der Waals surface area contributed by atoms with Crippen molar-refractivity contribution in [2.24, 2.45) is 0 Å². The molecule has 0 atom stereocenters. The summed E-state index contributed by atoms with van der Waals surface area (Å²) < 4.78 is 2.03. The maximum atomic E-state index is 12.4. The van der Waals surface area contributed by atoms with Crippen LogP contribution in [-0.2, 0) is 24.2 Å². The van der Waals surface area contributed by atoms with Gasteiger partial charge in [-0.15, -0.1) is 0 Å². The van der Waals surface area contributed by atoms with Crippen molar-refractivity contribution in [1.29, 1.82) is 0 Å². The standard InChI is InChI=1S/C15H14Br2N2O/c16-12-3-1-10(2-4-12)7-15(20)19-6-5-13-11(9-19)8-14(17)18-13/h1-4,8,18H,5-7,9H2. The predicted molar refractivity (Wildman–Crippen MR) is 85.5 cm³/mol. The van der Waals surface area contributed by atoms with E-state index in [2.05, 4.69) is 42.9 Å². The Hall–Kier alpha value is -1.07. The molecular weight excluding hydrogens is 384 g/mol. The third-order valence-corrected chi connectivity index (χ3v) is 4.53. The number of halogens is 2. The highest BCUT2D eigenvalue weighted by Crippen LogP contribution is 2.23. The first-order chi connectivity index (χ1) is 9.61. The highest BCUT2D eigenvalue weighted by molar-refractivity contribution is 9.10. The first kappa shape index (κ1) is 13.9. The average molecular weight is 398 g/mol. The molecule has 0 fully saturated rings. The fourth-order valence-corrected chi connectivity index (χ4v) is 3.28. The minimum atomic E-state index is 0.190. The first-order valence-electron chi connectivity index (χ1n) is 6.50. The lowest BCUT2D eigenvalue weighted by atomic mass is 10.1. The molecule has 0 aliphatic carbocycles. The smallest absolute Gasteiger partial charge is 0.227 e. The van der Waals surface area contributed by atoms with E-state index in [1.807, 2.05) is 29.2 Å². The molecule has 0 radical (unpaired) electrons. The maximum Gasteiger partial charge on any atom is 0.227 e. The number of amides is 1. The average Bonchev–Trinajstić information content (AvgIpc) is 2.80. The number of carbonyl (C=O) groups is 1. The number of hydrogen-bond donors (Lipinski definition) is 1. The van der Waals surface area contributed by atoms with Gasteiger partial charge in [0, 0.05) is 29.7 Å². The summed E-state index contributed by atoms with van der Waals surface area (Å²) in [5, 5.41) is 0. The summed E-state index contributed by atoms with van der Waals surface area (Å²) in [6.45, 7) is 1.49. The minimum Gasteiger partial charge on any atom is -0.353 e. The fraction of sp³-hybridized carbons (Fsp3) is 0.267. The fourth-order valence-electron chi connectivity index (χ4n) is 2.50. The first-order valence-corrected chi connectivity index (χ1v) is 8.09. The Morgan fingerprint density at radius 1 is 1.25 bits per heavy atom. The van der Waals surface area contributed by atoms with Gasteiger partial charge in [0.2, 0.25) is 5.91 Å². The molecule has 3 rings (SSSR count). The lowest BCUT2D eigenvalue weighted by Gasteiger charge is -2.27. The number of nitrogens with one attached hydrogen (secondary N) is 1. The van der Waals surface area contributed by atoms with Crippen LogP contribution in [0.2, 0.25) is 0 Å². The quantitative estimate of drug-likeness (QED) is 0.824. The Morgan fingerprint density at radius 3 is 2.75 bits per heavy atom. The highest BCUT2D eigenvalue weighted by atomic mass is 79.9. The third-order valence-electron chi connectivity index (χ3n) is 3.57. The number of fused-ring (bicyclic) bond motifs is 1. The molecule has 1 aliphatic heterocycles. The lowest BCUT2D eigenvalue weighted by Crippen LogP contribution is -2.36. The summed E-state index contributed by atoms with van der Waals surface area (Å²) in [6, 6.07) is 9.99. The monoisotopic (exact) mass is 396 g/mol. The molecule has 1 aromatic heterocycles. The van der Waals surface area contributed by atoms with E-state index in [0.29, 0.717) is 13.0 Å². The van der Waals surface area contributed by atoms with Crippen molar-refractivity contribution in [2.75, 3.05) is 6.54 Å². The van der Waals surface area contributed by atoms with Crippen LogP contribution in [-0.4, -0.2) is 22.3 Å². The van der Waals surface area contributed by atoms with Crippen LogP contribution < -0.4 is 0 Å². The molecule has 0 saturated carbocycles. The van der Waals surface area contributed by atoms with Crippen LogP contribution in [0.15, 0.2) is 39.4 Å². The number of aromatic amines is 1. The summed E-state index contributed by atoms with van der Waals surface area (Å²) in [5.41, 5.74) is 3.51. The van der Waals surface area contributed by atoms with Gasteiger partial charge in [0.1, 0.15) is 0 Å². The third kappa shape index (κ3) is 2.99. The van der Waals surface area contributed by atoms with Gasteiger partial charge in [0.05, 0.1) is 11.0 Å². The Bertz CT molecular complexity index is 634. The zero-order chi connectivity index (χ0) is 14.1. The van der Waals surface area contributed by atoms with Crippen LogP contribution in [0.5, 0.6) is 0 Å². The highest BCUT2D eigenvalue weighted by Gasteiger charge is 2.22. The van der Waals surface area contributed by atoms with E-state index in [4.69, 9.17) is 0 Å². The van der Waals surface area contributed by atoms with E-state index < -0.39 is 0 Å². The summed E-state index contributed by atoms with van der Waals surface area (Å²) >= 11 is 6.85. The number of rotatable bonds is 2. The summed E-state index contributed by atoms with van der Waals surface area (Å²) in [5.74, 6) is 0.190. The molecule has 2 aromatic rings. The van der Waals surface area contributed by atoms with Gasteiger partial charge in [-0.1, -0.05) is 28.1 Å². The SMILES string of the molecule is O=C(Cc1ccc(Br)cc1)N1CCc2[nH]c(Br)cc2C1. The predicted octanol–water partition coefficient (Wildman–Crippen LogP) is 3.67. The Morgan fingerprint density at radius 2 is 2.00 bits per heavy atom. The van der Waals surface area contributed by atoms with E-state index in [9.17, 15) is 4.79 Å². The van der Waals surface area contributed by atoms with E-state index in [-0.39, 0.29) is 5.91 Å². The van der Waals surface area contributed by atoms with Gasteiger partial charge < -0.3 is 9.88 Å². The van der Waals surface area contributed by atoms with Crippen molar-refractivity contribution in [2.45, 2.75) is 19.4 Å². The van der Waals surface area contributed by atoms with Crippen LogP contribution in [0, 0.1) is 0 Å². The normalized spacial score (nSPS) is 14.2. The second-order valence-electron chi connectivity index (χ2n) is 4.99. The molecule has 1 amide bonds. The summed E-state index contributed by atoms with van der Waals surface area (Å²) in [6.07, 6.45) is 1.36. The van der Waals surface area contributed by atoms with Crippen molar-refractivity contribution in [1.82, 2.24) is 9.88 Å². The zero-order valence-corrected chi connectivity index (χ0v) is 14.0. The van der Waals surface area contributed by atoms with Gasteiger partial charge in [-0.25, -0.2) is 0 Å². The van der Waals surface area contributed by atoms with Gasteiger partial charge in [-0.3, -0.25) is 4.79 Å². The topological polar surface area (TPSA) is 36.1 Å². The molecule has 5 heteroatoms. The molecule has 0 unspecified atom stereocenters. The minimum absolute atomic E-state index is 0.190. The molecule has 0 bridgehead atoms. The van der Waals surface area contributed by atoms with Crippen molar-refractivity contribution in [3.8, 4) is 0 Å². The zero-order valence-electron chi connectivity index (χ0n) is 10.8. The molecule has 1 aliphatic rings. The Labute approximate surface area is 134 Å². The molecule has 2 heterocycles. The van der Waals surface area contributed by atoms with Gasteiger partial charge >= 0.3 is 0 Å². The van der Waals surface area contributed by atoms with Crippen molar-refractivity contribution >= 4 is 37.8 Å². The van der Waals surface area contributed by atoms with Gasteiger partial charge in [0.15, 0.2) is 0 Å². The molecule has 3 nitrogen and oxygen atoms in total. The molecular formula is C15H14Br2N2O. The number of hydrogen-bond acceptors (Lipinski definition) is 1. The molecule has 0 saturated heterocycles. The molecule has 1 N–H and O–H groups in total. The number of benzene rings is 1. The van der Waals surface area contributed by atoms with E-state index in [1.165, 1.54) is 11.3 Å². The van der Waals surface area contributed by atoms with Crippen LogP contribution in [0.1, 0.15) is 16.8 Å². The van der Waals surface area contributed by atoms with Crippen LogP contribution >= 0.6 is 31.9 Å². The lowest BCUT2D eigenvalue weighted by molar-refractivity contribution is -0.131. The number of aromatic nitrogens is 1. The van der Waals surface area contributed by atoms with E-state index >= 15 is 0 Å². The van der Waals surface area contributed by atoms with E-state index in [1.54, 1.807) is 0 Å². The van der Waals surface area contributed by atoms with Crippen LogP contribution in [0.25, 0.3) is 0 Å². The maximum absolute atomic E-state index is 12.4. The number of carbonyl (C=O) groups excluding carboxylic acids is 1. The molecule has 0 spiro atoms. The van der Waals surface area contributed by atoms with Crippen LogP contribution in [0.4, 0.5) is 0 Å². The summed E-state index contributed by atoms with van der Waals surface area (Å²) in [4.78, 5) is 17.6. The summed E-state index contributed by atoms with van der Waals surface area (Å²) in [7, 11) is 0. The molecule has 1 aromatic carbocycles. The second kappa shape index (κ2) is 5.74. The molecule has 104 valence electrons. The number of nitrogens with zero attached hydrogens (tertiary/aromatic N) is 1. The van der Waals surface area contributed by atoms with Crippen molar-refractivity contribution in [3.63, 3.8) is 0 Å².